The maximum absolute atomic E-state index is 11.9. The van der Waals surface area contributed by atoms with Gasteiger partial charge in [0.05, 0.1) is 11.5 Å². The van der Waals surface area contributed by atoms with E-state index in [-0.39, 0.29) is 23.8 Å². The van der Waals surface area contributed by atoms with Crippen LogP contribution in [0.5, 0.6) is 0 Å². The molecule has 0 atom stereocenters. The second kappa shape index (κ2) is 8.21. The number of rotatable bonds is 8. The van der Waals surface area contributed by atoms with E-state index >= 15 is 0 Å². The summed E-state index contributed by atoms with van der Waals surface area (Å²) in [7, 11) is -2.11. The first-order valence-electron chi connectivity index (χ1n) is 5.96. The molecule has 1 aromatic rings. The predicted octanol–water partition coefficient (Wildman–Crippen LogP) is 0.771. The number of halogens is 1. The third-order valence-electron chi connectivity index (χ3n) is 2.38. The number of carbonyl (C=O) groups is 1. The first-order chi connectivity index (χ1) is 9.45. The van der Waals surface area contributed by atoms with Crippen LogP contribution >= 0.6 is 11.6 Å². The Labute approximate surface area is 123 Å². The van der Waals surface area contributed by atoms with Crippen molar-refractivity contribution in [1.29, 1.82) is 0 Å². The first kappa shape index (κ1) is 16.9. The highest BCUT2D eigenvalue weighted by Crippen LogP contribution is 2.14. The second-order valence-electron chi connectivity index (χ2n) is 3.95. The zero-order valence-electron chi connectivity index (χ0n) is 11.1. The summed E-state index contributed by atoms with van der Waals surface area (Å²) in [4.78, 5) is 11.4. The first-order valence-corrected chi connectivity index (χ1v) is 7.82. The molecule has 0 aliphatic rings. The lowest BCUT2D eigenvalue weighted by Crippen LogP contribution is -2.32. The molecule has 1 rings (SSSR count). The van der Waals surface area contributed by atoms with Crippen molar-refractivity contribution in [2.24, 2.45) is 0 Å². The Balaban J connectivity index is 2.43. The predicted molar refractivity (Wildman–Crippen MR) is 76.1 cm³/mol. The maximum Gasteiger partial charge on any atom is 0.240 e. The summed E-state index contributed by atoms with van der Waals surface area (Å²) < 4.78 is 30.9. The fraction of sp³-hybridized carbons (Fsp3) is 0.417. The van der Waals surface area contributed by atoms with E-state index in [0.717, 1.165) is 0 Å². The minimum atomic E-state index is -3.64. The van der Waals surface area contributed by atoms with E-state index in [1.807, 2.05) is 0 Å². The number of sulfonamides is 1. The third-order valence-corrected chi connectivity index (χ3v) is 4.07. The topological polar surface area (TPSA) is 84.5 Å². The van der Waals surface area contributed by atoms with E-state index in [0.29, 0.717) is 18.2 Å². The van der Waals surface area contributed by atoms with Crippen LogP contribution in [0.4, 0.5) is 0 Å². The van der Waals surface area contributed by atoms with Gasteiger partial charge < -0.3 is 10.1 Å². The molecule has 0 unspecified atom stereocenters. The Morgan fingerprint density at radius 2 is 2.10 bits per heavy atom. The number of nitrogens with one attached hydrogen (secondary N) is 2. The van der Waals surface area contributed by atoms with Crippen molar-refractivity contribution in [3.63, 3.8) is 0 Å². The number of hydrogen-bond acceptors (Lipinski definition) is 4. The van der Waals surface area contributed by atoms with Gasteiger partial charge in [0.1, 0.15) is 0 Å². The van der Waals surface area contributed by atoms with Crippen LogP contribution in [0, 0.1) is 0 Å². The van der Waals surface area contributed by atoms with Gasteiger partial charge in [-0.1, -0.05) is 17.7 Å². The molecule has 112 valence electrons. The van der Waals surface area contributed by atoms with Gasteiger partial charge in [0.25, 0.3) is 0 Å². The molecule has 20 heavy (non-hydrogen) atoms. The van der Waals surface area contributed by atoms with E-state index in [2.05, 4.69) is 10.0 Å². The van der Waals surface area contributed by atoms with Crippen molar-refractivity contribution >= 4 is 27.5 Å². The number of ether oxygens (including phenoxy) is 1. The zero-order valence-corrected chi connectivity index (χ0v) is 12.6. The molecule has 0 saturated carbocycles. The lowest BCUT2D eigenvalue weighted by atomic mass is 10.4. The Kier molecular flexibility index (Phi) is 6.94. The summed E-state index contributed by atoms with van der Waals surface area (Å²) >= 11 is 5.74. The SMILES string of the molecule is COCCNC(=O)CCNS(=O)(=O)c1cccc(Cl)c1. The maximum atomic E-state index is 11.9. The van der Waals surface area contributed by atoms with Gasteiger partial charge in [-0.2, -0.15) is 0 Å². The molecule has 0 saturated heterocycles. The van der Waals surface area contributed by atoms with Gasteiger partial charge in [0.2, 0.25) is 15.9 Å². The molecule has 2 N–H and O–H groups in total. The molecule has 0 aliphatic heterocycles. The standard InChI is InChI=1S/C12H17ClN2O4S/c1-19-8-7-14-12(16)5-6-15-20(17,18)11-4-2-3-10(13)9-11/h2-4,9,15H,5-8H2,1H3,(H,14,16). The Bertz CT molecular complexity index is 548. The Morgan fingerprint density at radius 3 is 2.75 bits per heavy atom. The van der Waals surface area contributed by atoms with Crippen molar-refractivity contribution in [3.05, 3.63) is 29.3 Å². The van der Waals surface area contributed by atoms with Gasteiger partial charge in [0.15, 0.2) is 0 Å². The van der Waals surface area contributed by atoms with Gasteiger partial charge in [-0.3, -0.25) is 4.79 Å². The van der Waals surface area contributed by atoms with Crippen LogP contribution in [-0.4, -0.2) is 41.1 Å². The quantitative estimate of drug-likeness (QED) is 0.693. The van der Waals surface area contributed by atoms with E-state index in [9.17, 15) is 13.2 Å². The molecule has 0 spiro atoms. The van der Waals surface area contributed by atoms with Crippen LogP contribution in [0.25, 0.3) is 0 Å². The third kappa shape index (κ3) is 5.87. The monoisotopic (exact) mass is 320 g/mol. The minimum absolute atomic E-state index is 0.0215. The molecule has 0 bridgehead atoms. The molecule has 0 aromatic heterocycles. The highest BCUT2D eigenvalue weighted by Gasteiger charge is 2.14. The van der Waals surface area contributed by atoms with Crippen molar-refractivity contribution in [1.82, 2.24) is 10.0 Å². The highest BCUT2D eigenvalue weighted by atomic mass is 35.5. The highest BCUT2D eigenvalue weighted by molar-refractivity contribution is 7.89. The fourth-order valence-corrected chi connectivity index (χ4v) is 2.73. The normalized spacial score (nSPS) is 11.3. The van der Waals surface area contributed by atoms with E-state index in [1.54, 1.807) is 12.1 Å². The van der Waals surface area contributed by atoms with Crippen LogP contribution in [0.3, 0.4) is 0 Å². The van der Waals surface area contributed by atoms with Crippen molar-refractivity contribution in [2.45, 2.75) is 11.3 Å². The van der Waals surface area contributed by atoms with E-state index in [4.69, 9.17) is 16.3 Å². The lowest BCUT2D eigenvalue weighted by Gasteiger charge is -2.07. The van der Waals surface area contributed by atoms with Gasteiger partial charge in [-0.15, -0.1) is 0 Å². The Hall–Kier alpha value is -1.15. The van der Waals surface area contributed by atoms with Gasteiger partial charge >= 0.3 is 0 Å². The molecular formula is C12H17ClN2O4S. The average Bonchev–Trinajstić information content (AvgIpc) is 2.39. The van der Waals surface area contributed by atoms with Crippen molar-refractivity contribution in [2.75, 3.05) is 26.8 Å². The summed E-state index contributed by atoms with van der Waals surface area (Å²) in [6.45, 7) is 0.837. The second-order valence-corrected chi connectivity index (χ2v) is 6.15. The van der Waals surface area contributed by atoms with Crippen LogP contribution in [-0.2, 0) is 19.6 Å². The summed E-state index contributed by atoms with van der Waals surface area (Å²) in [5.74, 6) is -0.240. The minimum Gasteiger partial charge on any atom is -0.383 e. The summed E-state index contributed by atoms with van der Waals surface area (Å²) in [5.41, 5.74) is 0. The molecule has 1 aromatic carbocycles. The van der Waals surface area contributed by atoms with Gasteiger partial charge in [0, 0.05) is 31.6 Å². The number of amides is 1. The van der Waals surface area contributed by atoms with Gasteiger partial charge in [-0.05, 0) is 18.2 Å². The largest absolute Gasteiger partial charge is 0.383 e. The molecule has 0 radical (unpaired) electrons. The lowest BCUT2D eigenvalue weighted by molar-refractivity contribution is -0.121. The fourth-order valence-electron chi connectivity index (χ4n) is 1.40. The molecule has 1 amide bonds. The number of hydrogen-bond donors (Lipinski definition) is 2. The molecule has 0 fully saturated rings. The molecule has 0 heterocycles. The molecular weight excluding hydrogens is 304 g/mol. The van der Waals surface area contributed by atoms with Crippen LogP contribution in [0.1, 0.15) is 6.42 Å². The van der Waals surface area contributed by atoms with Crippen LogP contribution in [0.2, 0.25) is 5.02 Å². The molecule has 6 nitrogen and oxygen atoms in total. The molecule has 0 aliphatic carbocycles. The van der Waals surface area contributed by atoms with Crippen molar-refractivity contribution in [3.8, 4) is 0 Å². The molecule has 8 heteroatoms. The number of benzene rings is 1. The van der Waals surface area contributed by atoms with E-state index < -0.39 is 10.0 Å². The Morgan fingerprint density at radius 1 is 1.35 bits per heavy atom. The van der Waals surface area contributed by atoms with Gasteiger partial charge in [-0.25, -0.2) is 13.1 Å². The van der Waals surface area contributed by atoms with Crippen LogP contribution < -0.4 is 10.0 Å². The number of carbonyl (C=O) groups excluding carboxylic acids is 1. The van der Waals surface area contributed by atoms with Crippen LogP contribution in [0.15, 0.2) is 29.2 Å². The zero-order chi connectivity index (χ0) is 15.0. The summed E-state index contributed by atoms with van der Waals surface area (Å²) in [6.07, 6.45) is 0.0590. The summed E-state index contributed by atoms with van der Waals surface area (Å²) in [6, 6.07) is 5.92. The number of methoxy groups -OCH3 is 1. The van der Waals surface area contributed by atoms with E-state index in [1.165, 1.54) is 19.2 Å². The average molecular weight is 321 g/mol. The smallest absolute Gasteiger partial charge is 0.240 e. The summed E-state index contributed by atoms with van der Waals surface area (Å²) in [5, 5.41) is 2.94. The van der Waals surface area contributed by atoms with Crippen molar-refractivity contribution < 1.29 is 17.9 Å².